The van der Waals surface area contributed by atoms with E-state index in [4.69, 9.17) is 0 Å². The van der Waals surface area contributed by atoms with Crippen LogP contribution in [0, 0.1) is 6.92 Å². The molecule has 0 atom stereocenters. The van der Waals surface area contributed by atoms with Crippen LogP contribution in [0.1, 0.15) is 24.0 Å². The Morgan fingerprint density at radius 2 is 1.75 bits per heavy atom. The van der Waals surface area contributed by atoms with E-state index in [1.165, 1.54) is 21.9 Å². The fraction of sp³-hybridized carbons (Fsp3) is 0.261. The average Bonchev–Trinajstić information content (AvgIpc) is 2.71. The topological polar surface area (TPSA) is 64.0 Å². The molecule has 1 amide bonds. The van der Waals surface area contributed by atoms with Crippen LogP contribution in [0.3, 0.4) is 0 Å². The maximum absolute atomic E-state index is 12.1. The van der Waals surface area contributed by atoms with E-state index in [1.807, 2.05) is 61.5 Å². The minimum atomic E-state index is -0.152. The highest BCUT2D eigenvalue weighted by molar-refractivity contribution is 5.75. The molecule has 1 N–H and O–H groups in total. The highest BCUT2D eigenvalue weighted by Gasteiger charge is 2.06. The fourth-order valence-electron chi connectivity index (χ4n) is 2.96. The summed E-state index contributed by atoms with van der Waals surface area (Å²) in [5, 5.41) is 7.37. The van der Waals surface area contributed by atoms with Gasteiger partial charge in [-0.15, -0.1) is 0 Å². The first-order valence-electron chi connectivity index (χ1n) is 9.58. The molecule has 3 rings (SSSR count). The summed E-state index contributed by atoms with van der Waals surface area (Å²) in [6, 6.07) is 21.3. The first kappa shape index (κ1) is 19.5. The lowest BCUT2D eigenvalue weighted by atomic mass is 10.1. The number of carbonyl (C=O) groups is 1. The van der Waals surface area contributed by atoms with Gasteiger partial charge in [-0.3, -0.25) is 9.59 Å². The predicted molar refractivity (Wildman–Crippen MR) is 111 cm³/mol. The summed E-state index contributed by atoms with van der Waals surface area (Å²) in [5.74, 6) is -0.00123. The van der Waals surface area contributed by atoms with Crippen molar-refractivity contribution in [3.8, 4) is 11.3 Å². The number of hydrogen-bond acceptors (Lipinski definition) is 3. The van der Waals surface area contributed by atoms with E-state index in [0.717, 1.165) is 17.7 Å². The van der Waals surface area contributed by atoms with Gasteiger partial charge in [0.1, 0.15) is 0 Å². The van der Waals surface area contributed by atoms with Crippen LogP contribution in [0.5, 0.6) is 0 Å². The van der Waals surface area contributed by atoms with Crippen molar-refractivity contribution in [1.29, 1.82) is 0 Å². The summed E-state index contributed by atoms with van der Waals surface area (Å²) in [6.07, 6.45) is 1.76. The lowest BCUT2D eigenvalue weighted by Gasteiger charge is -2.08. The van der Waals surface area contributed by atoms with E-state index in [-0.39, 0.29) is 11.5 Å². The third-order valence-corrected chi connectivity index (χ3v) is 4.57. The number of hydrogen-bond donors (Lipinski definition) is 1. The molecule has 1 heterocycles. The lowest BCUT2D eigenvalue weighted by Crippen LogP contribution is -2.27. The molecule has 144 valence electrons. The van der Waals surface area contributed by atoms with Crippen molar-refractivity contribution in [1.82, 2.24) is 15.1 Å². The monoisotopic (exact) mass is 375 g/mol. The Kier molecular flexibility index (Phi) is 6.73. The van der Waals surface area contributed by atoms with Crippen LogP contribution in [-0.2, 0) is 17.8 Å². The molecule has 28 heavy (non-hydrogen) atoms. The summed E-state index contributed by atoms with van der Waals surface area (Å²) >= 11 is 0. The zero-order valence-electron chi connectivity index (χ0n) is 16.1. The molecule has 0 spiro atoms. The molecule has 5 nitrogen and oxygen atoms in total. The van der Waals surface area contributed by atoms with Gasteiger partial charge < -0.3 is 5.32 Å². The molecule has 3 aromatic rings. The normalized spacial score (nSPS) is 10.6. The van der Waals surface area contributed by atoms with Crippen LogP contribution in [0.25, 0.3) is 11.3 Å². The van der Waals surface area contributed by atoms with Gasteiger partial charge in [0, 0.05) is 31.1 Å². The van der Waals surface area contributed by atoms with Crippen LogP contribution in [0.15, 0.2) is 71.5 Å². The molecule has 0 aliphatic rings. The van der Waals surface area contributed by atoms with E-state index in [9.17, 15) is 9.59 Å². The van der Waals surface area contributed by atoms with E-state index in [2.05, 4.69) is 10.4 Å². The van der Waals surface area contributed by atoms with E-state index in [0.29, 0.717) is 25.9 Å². The number of nitrogens with zero attached hydrogens (tertiary/aromatic N) is 2. The summed E-state index contributed by atoms with van der Waals surface area (Å²) in [4.78, 5) is 24.1. The Morgan fingerprint density at radius 1 is 1.00 bits per heavy atom. The smallest absolute Gasteiger partial charge is 0.266 e. The Hall–Kier alpha value is -3.21. The van der Waals surface area contributed by atoms with Crippen LogP contribution in [0.2, 0.25) is 0 Å². The second kappa shape index (κ2) is 9.65. The van der Waals surface area contributed by atoms with Crippen LogP contribution in [-0.4, -0.2) is 22.2 Å². The summed E-state index contributed by atoms with van der Waals surface area (Å²) < 4.78 is 1.44. The third kappa shape index (κ3) is 5.64. The fourth-order valence-corrected chi connectivity index (χ4v) is 2.96. The van der Waals surface area contributed by atoms with Crippen molar-refractivity contribution < 1.29 is 4.79 Å². The molecule has 0 aliphatic carbocycles. The summed E-state index contributed by atoms with van der Waals surface area (Å²) in [5.41, 5.74) is 3.95. The number of rotatable bonds is 8. The maximum Gasteiger partial charge on any atom is 0.266 e. The second-order valence-corrected chi connectivity index (χ2v) is 6.84. The Balaban J connectivity index is 1.48. The van der Waals surface area contributed by atoms with Gasteiger partial charge in [-0.2, -0.15) is 5.10 Å². The molecule has 0 saturated heterocycles. The highest BCUT2D eigenvalue weighted by atomic mass is 16.1. The summed E-state index contributed by atoms with van der Waals surface area (Å²) in [7, 11) is 0. The van der Waals surface area contributed by atoms with E-state index in [1.54, 1.807) is 6.07 Å². The van der Waals surface area contributed by atoms with Crippen molar-refractivity contribution in [2.24, 2.45) is 0 Å². The average molecular weight is 375 g/mol. The molecule has 0 radical (unpaired) electrons. The van der Waals surface area contributed by atoms with E-state index < -0.39 is 0 Å². The predicted octanol–water partition coefficient (Wildman–Crippen LogP) is 3.36. The van der Waals surface area contributed by atoms with Gasteiger partial charge in [-0.05, 0) is 31.4 Å². The maximum atomic E-state index is 12.1. The number of nitrogens with one attached hydrogen (secondary N) is 1. The van der Waals surface area contributed by atoms with Crippen LogP contribution in [0.4, 0.5) is 0 Å². The van der Waals surface area contributed by atoms with Crippen LogP contribution >= 0.6 is 0 Å². The number of benzene rings is 2. The molecule has 1 aromatic heterocycles. The van der Waals surface area contributed by atoms with Gasteiger partial charge in [-0.1, -0.05) is 60.2 Å². The zero-order valence-corrected chi connectivity index (χ0v) is 16.1. The molecular formula is C23H25N3O2. The van der Waals surface area contributed by atoms with Gasteiger partial charge >= 0.3 is 0 Å². The molecule has 0 saturated carbocycles. The molecule has 2 aromatic carbocycles. The molecular weight excluding hydrogens is 350 g/mol. The van der Waals surface area contributed by atoms with Crippen molar-refractivity contribution in [2.45, 2.75) is 32.7 Å². The van der Waals surface area contributed by atoms with Gasteiger partial charge in [0.25, 0.3) is 5.56 Å². The number of aryl methyl sites for hydroxylation is 2. The minimum absolute atomic E-state index is 0.00123. The molecule has 0 unspecified atom stereocenters. The third-order valence-electron chi connectivity index (χ3n) is 4.57. The van der Waals surface area contributed by atoms with Crippen molar-refractivity contribution in [3.05, 3.63) is 88.2 Å². The van der Waals surface area contributed by atoms with Crippen molar-refractivity contribution in [2.75, 3.05) is 6.54 Å². The van der Waals surface area contributed by atoms with Crippen LogP contribution < -0.4 is 10.9 Å². The second-order valence-electron chi connectivity index (χ2n) is 6.84. The van der Waals surface area contributed by atoms with Crippen molar-refractivity contribution >= 4 is 5.91 Å². The van der Waals surface area contributed by atoms with Gasteiger partial charge in [0.2, 0.25) is 5.91 Å². The molecule has 0 bridgehead atoms. The van der Waals surface area contributed by atoms with Gasteiger partial charge in [0.15, 0.2) is 0 Å². The quantitative estimate of drug-likeness (QED) is 0.657. The van der Waals surface area contributed by atoms with E-state index >= 15 is 0 Å². The molecule has 0 aliphatic heterocycles. The lowest BCUT2D eigenvalue weighted by molar-refractivity contribution is -0.121. The Morgan fingerprint density at radius 3 is 2.50 bits per heavy atom. The van der Waals surface area contributed by atoms with Gasteiger partial charge in [-0.25, -0.2) is 4.68 Å². The number of aromatic nitrogens is 2. The number of amides is 1. The zero-order chi connectivity index (χ0) is 19.8. The summed E-state index contributed by atoms with van der Waals surface area (Å²) in [6.45, 7) is 3.07. The Labute approximate surface area is 165 Å². The first-order valence-corrected chi connectivity index (χ1v) is 9.58. The molecule has 0 fully saturated rings. The molecule has 5 heteroatoms. The SMILES string of the molecule is Cc1ccc(-c2ccc(=O)n(CCCC(=O)NCCc3ccccc3)n2)cc1. The standard InChI is InChI=1S/C23H25N3O2/c1-18-9-11-20(12-10-18)21-13-14-23(28)26(25-21)17-5-8-22(27)24-16-15-19-6-3-2-4-7-19/h2-4,6-7,9-14H,5,8,15-17H2,1H3,(H,24,27). The number of carbonyl (C=O) groups excluding carboxylic acids is 1. The highest BCUT2D eigenvalue weighted by Crippen LogP contribution is 2.15. The minimum Gasteiger partial charge on any atom is -0.356 e. The Bertz CT molecular complexity index is 963. The van der Waals surface area contributed by atoms with Crippen molar-refractivity contribution in [3.63, 3.8) is 0 Å². The first-order chi connectivity index (χ1) is 13.6. The van der Waals surface area contributed by atoms with Gasteiger partial charge in [0.05, 0.1) is 5.69 Å². The largest absolute Gasteiger partial charge is 0.356 e.